The molecule has 0 saturated carbocycles. The van der Waals surface area contributed by atoms with Gasteiger partial charge in [0.2, 0.25) is 0 Å². The van der Waals surface area contributed by atoms with Gasteiger partial charge in [-0.15, -0.1) is 13.2 Å². The van der Waals surface area contributed by atoms with Gasteiger partial charge in [-0.2, -0.15) is 25.3 Å². The van der Waals surface area contributed by atoms with Gasteiger partial charge in [0.15, 0.2) is 0 Å². The van der Waals surface area contributed by atoms with E-state index in [1.807, 2.05) is 13.8 Å². The van der Waals surface area contributed by atoms with Crippen molar-refractivity contribution in [3.63, 3.8) is 0 Å². The Labute approximate surface area is 133 Å². The van der Waals surface area contributed by atoms with Crippen LogP contribution in [0.3, 0.4) is 0 Å². The first-order chi connectivity index (χ1) is 9.28. The van der Waals surface area contributed by atoms with E-state index in [4.69, 9.17) is 9.47 Å². The van der Waals surface area contributed by atoms with E-state index in [-0.39, 0.29) is 13.2 Å². The molecule has 0 aromatic heterocycles. The van der Waals surface area contributed by atoms with Crippen molar-refractivity contribution >= 4 is 37.2 Å². The normalized spacial score (nSPS) is 11.3. The van der Waals surface area contributed by atoms with Gasteiger partial charge < -0.3 is 9.47 Å². The lowest BCUT2D eigenvalue weighted by atomic mass is 10.5. The van der Waals surface area contributed by atoms with Crippen LogP contribution < -0.4 is 0 Å². The van der Waals surface area contributed by atoms with Crippen LogP contribution in [-0.4, -0.2) is 35.7 Å². The molecule has 0 heterocycles. The summed E-state index contributed by atoms with van der Waals surface area (Å²) in [6.45, 7) is 13.8. The van der Waals surface area contributed by atoms with E-state index in [2.05, 4.69) is 38.4 Å². The fraction of sp³-hybridized carbons (Fsp3) is 0.571. The largest absolute Gasteiger partial charge is 0.461 e. The molecule has 0 radical (unpaired) electrons. The summed E-state index contributed by atoms with van der Waals surface area (Å²) in [5.41, 5.74) is 0. The zero-order chi connectivity index (χ0) is 16.6. The molecule has 20 heavy (non-hydrogen) atoms. The minimum Gasteiger partial charge on any atom is -0.461 e. The van der Waals surface area contributed by atoms with Crippen molar-refractivity contribution in [2.45, 2.75) is 38.2 Å². The Kier molecular flexibility index (Phi) is 21.9. The first-order valence-electron chi connectivity index (χ1n) is 6.11. The molecule has 0 amide bonds. The molecule has 0 fully saturated rings. The van der Waals surface area contributed by atoms with Crippen LogP contribution in [0.1, 0.15) is 27.7 Å². The van der Waals surface area contributed by atoms with Crippen LogP contribution in [0.2, 0.25) is 0 Å². The van der Waals surface area contributed by atoms with Crippen molar-refractivity contribution in [1.29, 1.82) is 0 Å². The smallest absolute Gasteiger partial charge is 0.318 e. The number of carbonyl (C=O) groups is 2. The number of ether oxygens (including phenoxy) is 2. The maximum Gasteiger partial charge on any atom is 0.318 e. The van der Waals surface area contributed by atoms with E-state index in [9.17, 15) is 9.59 Å². The van der Waals surface area contributed by atoms with Crippen molar-refractivity contribution in [3.05, 3.63) is 25.3 Å². The molecule has 6 heteroatoms. The zero-order valence-corrected chi connectivity index (χ0v) is 14.5. The van der Waals surface area contributed by atoms with Crippen molar-refractivity contribution in [3.8, 4) is 0 Å². The third-order valence-electron chi connectivity index (χ3n) is 1.25. The van der Waals surface area contributed by atoms with Crippen LogP contribution in [0.5, 0.6) is 0 Å². The lowest BCUT2D eigenvalue weighted by Crippen LogP contribution is -2.21. The first-order valence-corrected chi connectivity index (χ1v) is 7.15. The molecule has 118 valence electrons. The molecule has 0 rings (SSSR count). The lowest BCUT2D eigenvalue weighted by Gasteiger charge is -2.08. The second-order valence-corrected chi connectivity index (χ2v) is 5.05. The van der Waals surface area contributed by atoms with Crippen molar-refractivity contribution in [2.75, 3.05) is 13.2 Å². The number of esters is 2. The van der Waals surface area contributed by atoms with Gasteiger partial charge in [0.05, 0.1) is 10.5 Å². The van der Waals surface area contributed by atoms with Crippen LogP contribution in [-0.2, 0) is 19.1 Å². The topological polar surface area (TPSA) is 52.6 Å². The van der Waals surface area contributed by atoms with Crippen LogP contribution in [0.25, 0.3) is 0 Å². The van der Waals surface area contributed by atoms with Gasteiger partial charge >= 0.3 is 11.9 Å². The average Bonchev–Trinajstić information content (AvgIpc) is 2.35. The third-order valence-corrected chi connectivity index (χ3v) is 1.68. The molecular formula is C14H26O4S2. The highest BCUT2D eigenvalue weighted by Crippen LogP contribution is 1.98. The molecule has 2 unspecified atom stereocenters. The molecule has 0 aliphatic rings. The molecule has 0 bridgehead atoms. The molecule has 0 saturated heterocycles. The van der Waals surface area contributed by atoms with Gasteiger partial charge in [-0.3, -0.25) is 9.59 Å². The Morgan fingerprint density at radius 3 is 1.30 bits per heavy atom. The summed E-state index contributed by atoms with van der Waals surface area (Å²) in [6, 6.07) is 0. The van der Waals surface area contributed by atoms with Gasteiger partial charge in [-0.05, 0) is 27.7 Å². The van der Waals surface area contributed by atoms with Gasteiger partial charge in [0.1, 0.15) is 13.2 Å². The summed E-state index contributed by atoms with van der Waals surface area (Å²) in [4.78, 5) is 21.7. The number of thiol groups is 2. The average molecular weight is 322 g/mol. The van der Waals surface area contributed by atoms with Crippen molar-refractivity contribution in [2.24, 2.45) is 0 Å². The number of hydrogen-bond acceptors (Lipinski definition) is 6. The predicted octanol–water partition coefficient (Wildman–Crippen LogP) is 3.09. The van der Waals surface area contributed by atoms with Crippen LogP contribution in [0.15, 0.2) is 25.3 Å². The molecule has 0 spiro atoms. The lowest BCUT2D eigenvalue weighted by molar-refractivity contribution is -0.151. The Morgan fingerprint density at radius 1 is 0.950 bits per heavy atom. The number of carbonyl (C=O) groups excluding carboxylic acids is 2. The fourth-order valence-corrected chi connectivity index (χ4v) is 0.675. The number of allylic oxidation sites excluding steroid dienone is 2. The summed E-state index contributed by atoms with van der Waals surface area (Å²) in [5.74, 6) is -0.855. The zero-order valence-electron chi connectivity index (χ0n) is 12.7. The van der Waals surface area contributed by atoms with Gasteiger partial charge in [-0.1, -0.05) is 12.2 Å². The summed E-state index contributed by atoms with van der Waals surface area (Å²) in [6.07, 6.45) is 3.50. The maximum absolute atomic E-state index is 10.9. The number of rotatable bonds is 5. The van der Waals surface area contributed by atoms with E-state index in [0.29, 0.717) is 0 Å². The highest BCUT2D eigenvalue weighted by Gasteiger charge is 2.11. The molecule has 0 aliphatic heterocycles. The quantitative estimate of drug-likeness (QED) is 0.353. The molecule has 0 aliphatic carbocycles. The Bertz CT molecular complexity index is 248. The van der Waals surface area contributed by atoms with Crippen LogP contribution in [0, 0.1) is 0 Å². The van der Waals surface area contributed by atoms with E-state index in [1.165, 1.54) is 0 Å². The van der Waals surface area contributed by atoms with E-state index in [1.54, 1.807) is 26.0 Å². The molecule has 4 nitrogen and oxygen atoms in total. The summed E-state index contributed by atoms with van der Waals surface area (Å²) in [7, 11) is 0. The molecular weight excluding hydrogens is 296 g/mol. The van der Waals surface area contributed by atoms with Crippen molar-refractivity contribution in [1.82, 2.24) is 0 Å². The van der Waals surface area contributed by atoms with Crippen molar-refractivity contribution < 1.29 is 19.1 Å². The first kappa shape index (κ1) is 24.2. The van der Waals surface area contributed by atoms with Gasteiger partial charge in [0, 0.05) is 0 Å². The maximum atomic E-state index is 10.9. The Morgan fingerprint density at radius 2 is 1.15 bits per heavy atom. The predicted molar refractivity (Wildman–Crippen MR) is 90.6 cm³/mol. The highest BCUT2D eigenvalue weighted by molar-refractivity contribution is 7.81. The highest BCUT2D eigenvalue weighted by atomic mass is 32.1. The van der Waals surface area contributed by atoms with Gasteiger partial charge in [0.25, 0.3) is 0 Å². The minimum atomic E-state index is -0.463. The summed E-state index contributed by atoms with van der Waals surface area (Å²) >= 11 is 7.75. The fourth-order valence-electron chi connectivity index (χ4n) is 0.526. The van der Waals surface area contributed by atoms with Crippen LogP contribution >= 0.6 is 25.3 Å². The summed E-state index contributed by atoms with van der Waals surface area (Å²) in [5, 5.41) is -0.927. The monoisotopic (exact) mass is 322 g/mol. The second kappa shape index (κ2) is 18.1. The molecule has 0 aromatic carbocycles. The molecule has 0 aromatic rings. The third kappa shape index (κ3) is 22.3. The van der Waals surface area contributed by atoms with E-state index >= 15 is 0 Å². The van der Waals surface area contributed by atoms with E-state index < -0.39 is 22.4 Å². The van der Waals surface area contributed by atoms with Crippen LogP contribution in [0.4, 0.5) is 0 Å². The summed E-state index contributed by atoms with van der Waals surface area (Å²) < 4.78 is 9.43. The Balaban J connectivity index is -0.000000408. The van der Waals surface area contributed by atoms with Gasteiger partial charge in [-0.25, -0.2) is 0 Å². The standard InChI is InChI=1S/C8H14O4S2.2C3H6/c1-5(13)7(9)11-3-4-12-8(10)6(2)14;2*1-3-2/h5-6,13-14H,3-4H2,1-2H3;2*3H,1H2,2H3. The number of hydrogen-bond donors (Lipinski definition) is 2. The van der Waals surface area contributed by atoms with E-state index in [0.717, 1.165) is 0 Å². The SMILES string of the molecule is C=CC.C=CC.CC(S)C(=O)OCCOC(=O)C(C)S. The Hall–Kier alpha value is -0.880. The molecule has 2 atom stereocenters. The molecule has 0 N–H and O–H groups in total. The minimum absolute atomic E-state index is 0.0516. The second-order valence-electron chi connectivity index (χ2n) is 3.50.